The third kappa shape index (κ3) is 7.29. The summed E-state index contributed by atoms with van der Waals surface area (Å²) in [4.78, 5) is 21.7. The highest BCUT2D eigenvalue weighted by molar-refractivity contribution is 6.12. The van der Waals surface area contributed by atoms with E-state index in [-0.39, 0.29) is 5.91 Å². The van der Waals surface area contributed by atoms with Crippen molar-refractivity contribution in [1.29, 1.82) is 0 Å². The van der Waals surface area contributed by atoms with Gasteiger partial charge in [-0.3, -0.25) is 4.79 Å². The number of aliphatic imine (C=N–C) groups is 1. The standard InChI is InChI=1S/C28H38N4O/c1-5-24(21-30-23(3)32-18-16-31(4)17-19-32)28(33)29-15-14-27(25-11-7-6-8-12-25)26-13-9-10-22(2)20-26/h5-13,21-22,27H,3,14-20H2,1-2,4H3,(H,29,33)/b24-5+,30-21-. The minimum atomic E-state index is -0.0925. The number of carbonyl (C=O) groups is 1. The number of hydrogen-bond acceptors (Lipinski definition) is 4. The van der Waals surface area contributed by atoms with Crippen LogP contribution in [-0.4, -0.2) is 61.7 Å². The van der Waals surface area contributed by atoms with Crippen LogP contribution in [0.15, 0.2) is 83.2 Å². The van der Waals surface area contributed by atoms with Gasteiger partial charge in [0, 0.05) is 44.9 Å². The van der Waals surface area contributed by atoms with Crippen LogP contribution in [0.2, 0.25) is 0 Å². The monoisotopic (exact) mass is 446 g/mol. The highest BCUT2D eigenvalue weighted by Crippen LogP contribution is 2.34. The Balaban J connectivity index is 1.56. The van der Waals surface area contributed by atoms with Gasteiger partial charge < -0.3 is 15.1 Å². The molecule has 1 aromatic rings. The topological polar surface area (TPSA) is 47.9 Å². The lowest BCUT2D eigenvalue weighted by Gasteiger charge is -2.33. The molecule has 1 heterocycles. The lowest BCUT2D eigenvalue weighted by atomic mass is 9.81. The fourth-order valence-electron chi connectivity index (χ4n) is 4.37. The number of amides is 1. The van der Waals surface area contributed by atoms with Crippen LogP contribution in [0.5, 0.6) is 0 Å². The van der Waals surface area contributed by atoms with E-state index in [1.54, 1.807) is 12.3 Å². The van der Waals surface area contributed by atoms with Gasteiger partial charge in [-0.1, -0.05) is 73.7 Å². The van der Waals surface area contributed by atoms with E-state index in [0.717, 1.165) is 39.0 Å². The third-order valence-corrected chi connectivity index (χ3v) is 6.47. The summed E-state index contributed by atoms with van der Waals surface area (Å²) in [6.07, 6.45) is 12.0. The summed E-state index contributed by atoms with van der Waals surface area (Å²) >= 11 is 0. The first-order valence-electron chi connectivity index (χ1n) is 12.0. The number of piperazine rings is 1. The predicted molar refractivity (Wildman–Crippen MR) is 138 cm³/mol. The molecule has 0 saturated carbocycles. The number of nitrogens with zero attached hydrogens (tertiary/aromatic N) is 3. The molecule has 0 radical (unpaired) electrons. The molecule has 1 aliphatic heterocycles. The van der Waals surface area contributed by atoms with E-state index in [1.165, 1.54) is 11.1 Å². The van der Waals surface area contributed by atoms with Crippen molar-refractivity contribution in [2.75, 3.05) is 39.8 Å². The fourth-order valence-corrected chi connectivity index (χ4v) is 4.37. The van der Waals surface area contributed by atoms with Gasteiger partial charge in [-0.05, 0) is 38.3 Å². The molecule has 3 rings (SSSR count). The fraction of sp³-hybridized carbons (Fsp3) is 0.429. The lowest BCUT2D eigenvalue weighted by Crippen LogP contribution is -2.43. The zero-order valence-electron chi connectivity index (χ0n) is 20.3. The highest BCUT2D eigenvalue weighted by atomic mass is 16.1. The van der Waals surface area contributed by atoms with Crippen LogP contribution in [0.4, 0.5) is 0 Å². The largest absolute Gasteiger partial charge is 0.355 e. The molecular weight excluding hydrogens is 408 g/mol. The van der Waals surface area contributed by atoms with Crippen molar-refractivity contribution >= 4 is 12.1 Å². The summed E-state index contributed by atoms with van der Waals surface area (Å²) in [7, 11) is 2.12. The van der Waals surface area contributed by atoms with Crippen LogP contribution >= 0.6 is 0 Å². The van der Waals surface area contributed by atoms with Crippen molar-refractivity contribution in [3.63, 3.8) is 0 Å². The molecule has 1 amide bonds. The van der Waals surface area contributed by atoms with E-state index in [4.69, 9.17) is 0 Å². The van der Waals surface area contributed by atoms with Crippen molar-refractivity contribution in [2.45, 2.75) is 32.6 Å². The summed E-state index contributed by atoms with van der Waals surface area (Å²) in [5.74, 6) is 1.47. The van der Waals surface area contributed by atoms with Crippen molar-refractivity contribution in [2.24, 2.45) is 10.9 Å². The lowest BCUT2D eigenvalue weighted by molar-refractivity contribution is -0.117. The van der Waals surface area contributed by atoms with E-state index in [1.807, 2.05) is 13.0 Å². The number of allylic oxidation sites excluding steroid dienone is 5. The molecule has 1 aliphatic carbocycles. The second-order valence-corrected chi connectivity index (χ2v) is 9.02. The molecule has 2 aliphatic rings. The maximum atomic E-state index is 12.8. The zero-order chi connectivity index (χ0) is 23.6. The average Bonchev–Trinajstić information content (AvgIpc) is 2.83. The number of carbonyl (C=O) groups excluding carboxylic acids is 1. The number of hydrogen-bond donors (Lipinski definition) is 1. The zero-order valence-corrected chi connectivity index (χ0v) is 20.3. The number of nitrogens with one attached hydrogen (secondary N) is 1. The van der Waals surface area contributed by atoms with Crippen molar-refractivity contribution < 1.29 is 4.79 Å². The second kappa shape index (κ2) is 12.4. The van der Waals surface area contributed by atoms with Crippen LogP contribution in [0.3, 0.4) is 0 Å². The second-order valence-electron chi connectivity index (χ2n) is 9.02. The van der Waals surface area contributed by atoms with Gasteiger partial charge in [0.05, 0.1) is 5.57 Å². The maximum absolute atomic E-state index is 12.8. The normalized spacial score (nSPS) is 20.6. The van der Waals surface area contributed by atoms with Crippen molar-refractivity contribution in [3.05, 3.63) is 83.7 Å². The number of rotatable bonds is 9. The molecule has 2 unspecified atom stereocenters. The summed E-state index contributed by atoms with van der Waals surface area (Å²) in [6, 6.07) is 10.6. The third-order valence-electron chi connectivity index (χ3n) is 6.47. The van der Waals surface area contributed by atoms with Crippen LogP contribution in [0, 0.1) is 5.92 Å². The first-order chi connectivity index (χ1) is 16.0. The molecule has 0 aromatic heterocycles. The van der Waals surface area contributed by atoms with Gasteiger partial charge in [0.1, 0.15) is 5.82 Å². The summed E-state index contributed by atoms with van der Waals surface area (Å²) in [5.41, 5.74) is 3.30. The minimum Gasteiger partial charge on any atom is -0.355 e. The highest BCUT2D eigenvalue weighted by Gasteiger charge is 2.20. The van der Waals surface area contributed by atoms with Gasteiger partial charge in [0.2, 0.25) is 0 Å². The quantitative estimate of drug-likeness (QED) is 0.448. The molecule has 0 bridgehead atoms. The Morgan fingerprint density at radius 1 is 1.24 bits per heavy atom. The SMILES string of the molecule is C=C(/N=C\C(=C/C)C(=O)NCCC(C1=CC=CC(C)C1)c1ccccc1)N1CCN(C)CC1. The van der Waals surface area contributed by atoms with E-state index >= 15 is 0 Å². The van der Waals surface area contributed by atoms with E-state index in [2.05, 4.69) is 83.2 Å². The molecule has 1 saturated heterocycles. The Bertz CT molecular complexity index is 920. The first-order valence-corrected chi connectivity index (χ1v) is 12.0. The predicted octanol–water partition coefficient (Wildman–Crippen LogP) is 4.53. The molecule has 2 atom stereocenters. The molecule has 1 aromatic carbocycles. The Hall–Kier alpha value is -2.92. The van der Waals surface area contributed by atoms with E-state index < -0.39 is 0 Å². The Kier molecular flexibility index (Phi) is 9.25. The smallest absolute Gasteiger partial charge is 0.252 e. The van der Waals surface area contributed by atoms with Crippen LogP contribution in [0.25, 0.3) is 0 Å². The van der Waals surface area contributed by atoms with Gasteiger partial charge >= 0.3 is 0 Å². The maximum Gasteiger partial charge on any atom is 0.252 e. The molecular formula is C28H38N4O. The number of benzene rings is 1. The van der Waals surface area contributed by atoms with Gasteiger partial charge in [0.25, 0.3) is 5.91 Å². The van der Waals surface area contributed by atoms with Gasteiger partial charge in [-0.25, -0.2) is 4.99 Å². The summed E-state index contributed by atoms with van der Waals surface area (Å²) in [5, 5.41) is 3.10. The van der Waals surface area contributed by atoms with Gasteiger partial charge in [-0.2, -0.15) is 0 Å². The Morgan fingerprint density at radius 3 is 2.64 bits per heavy atom. The molecule has 176 valence electrons. The average molecular weight is 447 g/mol. The van der Waals surface area contributed by atoms with Crippen molar-refractivity contribution in [1.82, 2.24) is 15.1 Å². The van der Waals surface area contributed by atoms with Gasteiger partial charge in [-0.15, -0.1) is 0 Å². The summed E-state index contributed by atoms with van der Waals surface area (Å²) < 4.78 is 0. The van der Waals surface area contributed by atoms with E-state index in [0.29, 0.717) is 29.8 Å². The minimum absolute atomic E-state index is 0.0925. The van der Waals surface area contributed by atoms with Gasteiger partial charge in [0.15, 0.2) is 0 Å². The molecule has 5 heteroatoms. The molecule has 1 fully saturated rings. The van der Waals surface area contributed by atoms with E-state index in [9.17, 15) is 4.79 Å². The first kappa shape index (κ1) is 24.7. The Morgan fingerprint density at radius 2 is 1.97 bits per heavy atom. The van der Waals surface area contributed by atoms with Crippen LogP contribution < -0.4 is 5.32 Å². The molecule has 5 nitrogen and oxygen atoms in total. The molecule has 33 heavy (non-hydrogen) atoms. The number of likely N-dealkylation sites (N-methyl/N-ethyl adjacent to an activating group) is 1. The molecule has 1 N–H and O–H groups in total. The van der Waals surface area contributed by atoms with Crippen LogP contribution in [-0.2, 0) is 4.79 Å². The Labute approximate surface area is 199 Å². The molecule has 0 spiro atoms. The van der Waals surface area contributed by atoms with Crippen molar-refractivity contribution in [3.8, 4) is 0 Å². The van der Waals surface area contributed by atoms with Crippen LogP contribution in [0.1, 0.15) is 38.2 Å². The summed E-state index contributed by atoms with van der Waals surface area (Å²) in [6.45, 7) is 12.6.